The molecule has 1 N–H and O–H groups in total. The van der Waals surface area contributed by atoms with Gasteiger partial charge < -0.3 is 10.1 Å². The molecule has 1 rings (SSSR count). The van der Waals surface area contributed by atoms with Crippen LogP contribution in [0.5, 0.6) is 0 Å². The van der Waals surface area contributed by atoms with Crippen LogP contribution in [0, 0.1) is 6.92 Å². The summed E-state index contributed by atoms with van der Waals surface area (Å²) in [5.74, 6) is 0.257. The summed E-state index contributed by atoms with van der Waals surface area (Å²) in [5.41, 5.74) is 0. The highest BCUT2D eigenvalue weighted by Crippen LogP contribution is 2.03. The number of likely N-dealkylation sites (N-methyl/N-ethyl adjacent to an activating group) is 1. The van der Waals surface area contributed by atoms with Crippen molar-refractivity contribution in [3.8, 4) is 0 Å². The van der Waals surface area contributed by atoms with Gasteiger partial charge in [0.15, 0.2) is 11.9 Å². The summed E-state index contributed by atoms with van der Waals surface area (Å²) >= 11 is 0. The Morgan fingerprint density at radius 2 is 2.73 bits per heavy atom. The maximum Gasteiger partial charge on any atom is 0.248 e. The number of rotatable bonds is 2. The molecular formula is C7H11N2O2. The highest BCUT2D eigenvalue weighted by atomic mass is 16.5. The molecule has 0 saturated heterocycles. The minimum absolute atomic E-state index is 0.0915. The number of amides is 1. The minimum atomic E-state index is -0.387. The van der Waals surface area contributed by atoms with Crippen LogP contribution < -0.4 is 5.32 Å². The number of carbonyl (C=O) groups excluding carboxylic acids is 1. The lowest BCUT2D eigenvalue weighted by Gasteiger charge is -2.03. The maximum atomic E-state index is 11.1. The summed E-state index contributed by atoms with van der Waals surface area (Å²) in [7, 11) is 0. The predicted molar refractivity (Wildman–Crippen MR) is 41.2 cm³/mol. The molecule has 0 fully saturated rings. The largest absolute Gasteiger partial charge is 0.478 e. The summed E-state index contributed by atoms with van der Waals surface area (Å²) in [6.45, 7) is 6.29. The molecule has 1 radical (unpaired) electrons. The average Bonchev–Trinajstić information content (AvgIpc) is 2.36. The molecule has 0 bridgehead atoms. The summed E-state index contributed by atoms with van der Waals surface area (Å²) in [5, 5.41) is 2.65. The molecule has 1 atom stereocenters. The fourth-order valence-electron chi connectivity index (χ4n) is 0.850. The van der Waals surface area contributed by atoms with Gasteiger partial charge in [-0.2, -0.15) is 0 Å². The van der Waals surface area contributed by atoms with Crippen LogP contribution >= 0.6 is 0 Å². The summed E-state index contributed by atoms with van der Waals surface area (Å²) < 4.78 is 4.91. The zero-order chi connectivity index (χ0) is 8.27. The van der Waals surface area contributed by atoms with Crippen LogP contribution in [0.25, 0.3) is 0 Å². The van der Waals surface area contributed by atoms with Crippen molar-refractivity contribution in [2.45, 2.75) is 13.0 Å². The smallest absolute Gasteiger partial charge is 0.248 e. The van der Waals surface area contributed by atoms with E-state index in [-0.39, 0.29) is 11.9 Å². The molecule has 0 saturated carbocycles. The van der Waals surface area contributed by atoms with E-state index in [1.807, 2.05) is 6.92 Å². The Morgan fingerprint density at radius 3 is 3.18 bits per heavy atom. The third kappa shape index (κ3) is 1.93. The second-order valence-corrected chi connectivity index (χ2v) is 2.24. The Bertz CT molecular complexity index is 189. The number of carbonyl (C=O) groups is 1. The first kappa shape index (κ1) is 8.04. The summed E-state index contributed by atoms with van der Waals surface area (Å²) in [6.07, 6.45) is 0. The maximum absolute atomic E-state index is 11.1. The van der Waals surface area contributed by atoms with E-state index in [0.717, 1.165) is 0 Å². The quantitative estimate of drug-likeness (QED) is 0.598. The molecule has 1 amide bonds. The Morgan fingerprint density at radius 1 is 2.00 bits per heavy atom. The zero-order valence-corrected chi connectivity index (χ0v) is 6.46. The fourth-order valence-corrected chi connectivity index (χ4v) is 0.850. The summed E-state index contributed by atoms with van der Waals surface area (Å²) in [4.78, 5) is 14.9. The Labute approximate surface area is 65.6 Å². The van der Waals surface area contributed by atoms with Crippen LogP contribution in [-0.4, -0.2) is 31.0 Å². The lowest BCUT2D eigenvalue weighted by molar-refractivity contribution is -0.122. The molecule has 1 unspecified atom stereocenters. The van der Waals surface area contributed by atoms with E-state index in [0.29, 0.717) is 19.0 Å². The van der Waals surface area contributed by atoms with Gasteiger partial charge in [0.2, 0.25) is 5.91 Å². The topological polar surface area (TPSA) is 50.7 Å². The van der Waals surface area contributed by atoms with E-state index in [1.54, 1.807) is 0 Å². The van der Waals surface area contributed by atoms with Crippen molar-refractivity contribution in [2.24, 2.45) is 4.99 Å². The fraction of sp³-hybridized carbons (Fsp3) is 0.571. The molecule has 0 spiro atoms. The number of hydrogen-bond donors (Lipinski definition) is 1. The van der Waals surface area contributed by atoms with Crippen LogP contribution in [-0.2, 0) is 9.53 Å². The van der Waals surface area contributed by atoms with Crippen molar-refractivity contribution in [3.63, 3.8) is 0 Å². The molecule has 61 valence electrons. The lowest BCUT2D eigenvalue weighted by Crippen LogP contribution is -2.34. The molecule has 1 aliphatic rings. The van der Waals surface area contributed by atoms with Crippen LogP contribution in [0.1, 0.15) is 6.92 Å². The Hall–Kier alpha value is -1.06. The van der Waals surface area contributed by atoms with E-state index in [9.17, 15) is 4.79 Å². The number of aliphatic imine (C=N–C) groups is 1. The first-order chi connectivity index (χ1) is 5.24. The van der Waals surface area contributed by atoms with Gasteiger partial charge >= 0.3 is 0 Å². The van der Waals surface area contributed by atoms with Crippen molar-refractivity contribution in [2.75, 3.05) is 13.2 Å². The van der Waals surface area contributed by atoms with Crippen molar-refractivity contribution in [3.05, 3.63) is 6.92 Å². The number of ether oxygens (including phenoxy) is 1. The first-order valence-corrected chi connectivity index (χ1v) is 3.54. The molecule has 0 aromatic heterocycles. The molecule has 1 heterocycles. The molecular weight excluding hydrogens is 144 g/mol. The number of hydrogen-bond acceptors (Lipinski definition) is 3. The highest BCUT2D eigenvalue weighted by Gasteiger charge is 2.22. The van der Waals surface area contributed by atoms with Crippen molar-refractivity contribution < 1.29 is 9.53 Å². The third-order valence-corrected chi connectivity index (χ3v) is 1.36. The second kappa shape index (κ2) is 3.37. The average molecular weight is 155 g/mol. The monoisotopic (exact) mass is 155 g/mol. The van der Waals surface area contributed by atoms with Crippen molar-refractivity contribution in [1.82, 2.24) is 5.32 Å². The second-order valence-electron chi connectivity index (χ2n) is 2.24. The van der Waals surface area contributed by atoms with Gasteiger partial charge in [0.1, 0.15) is 6.61 Å². The number of nitrogens with zero attached hydrogens (tertiary/aromatic N) is 1. The third-order valence-electron chi connectivity index (χ3n) is 1.36. The molecule has 4 nitrogen and oxygen atoms in total. The standard InChI is InChI=1S/C7H11N2O2/c1-3-8-7(10)6-4-11-5(2)9-6/h6H,2-4H2,1H3,(H,8,10). The van der Waals surface area contributed by atoms with Gasteiger partial charge in [-0.1, -0.05) is 0 Å². The van der Waals surface area contributed by atoms with Crippen LogP contribution in [0.2, 0.25) is 0 Å². The minimum Gasteiger partial charge on any atom is -0.478 e. The summed E-state index contributed by atoms with van der Waals surface area (Å²) in [6, 6.07) is -0.387. The van der Waals surface area contributed by atoms with Crippen molar-refractivity contribution in [1.29, 1.82) is 0 Å². The van der Waals surface area contributed by atoms with Gasteiger partial charge in [-0.3, -0.25) is 4.79 Å². The number of nitrogens with one attached hydrogen (secondary N) is 1. The van der Waals surface area contributed by atoms with E-state index < -0.39 is 0 Å². The van der Waals surface area contributed by atoms with Crippen molar-refractivity contribution >= 4 is 11.8 Å². The molecule has 1 aliphatic heterocycles. The Kier molecular flexibility index (Phi) is 2.46. The first-order valence-electron chi connectivity index (χ1n) is 3.54. The molecule has 11 heavy (non-hydrogen) atoms. The van der Waals surface area contributed by atoms with Crippen LogP contribution in [0.3, 0.4) is 0 Å². The van der Waals surface area contributed by atoms with Gasteiger partial charge in [-0.05, 0) is 6.92 Å². The van der Waals surface area contributed by atoms with E-state index in [2.05, 4.69) is 17.2 Å². The van der Waals surface area contributed by atoms with Gasteiger partial charge in [0.05, 0.1) is 0 Å². The van der Waals surface area contributed by atoms with Gasteiger partial charge in [-0.25, -0.2) is 4.99 Å². The van der Waals surface area contributed by atoms with Crippen LogP contribution in [0.4, 0.5) is 0 Å². The zero-order valence-electron chi connectivity index (χ0n) is 6.46. The molecule has 0 aromatic rings. The van der Waals surface area contributed by atoms with Gasteiger partial charge in [0, 0.05) is 13.5 Å². The van der Waals surface area contributed by atoms with Gasteiger partial charge in [-0.15, -0.1) is 0 Å². The normalized spacial score (nSPS) is 22.4. The lowest BCUT2D eigenvalue weighted by atomic mass is 10.3. The van der Waals surface area contributed by atoms with Gasteiger partial charge in [0.25, 0.3) is 0 Å². The van der Waals surface area contributed by atoms with E-state index in [1.165, 1.54) is 0 Å². The molecule has 0 aromatic carbocycles. The van der Waals surface area contributed by atoms with Crippen LogP contribution in [0.15, 0.2) is 4.99 Å². The predicted octanol–water partition coefficient (Wildman–Crippen LogP) is -0.246. The molecule has 0 aliphatic carbocycles. The Balaban J connectivity index is 2.43. The highest BCUT2D eigenvalue weighted by molar-refractivity contribution is 5.90. The van der Waals surface area contributed by atoms with E-state index >= 15 is 0 Å². The SMILES string of the molecule is [CH2]C1=NC(C(=O)NCC)CO1. The molecule has 4 heteroatoms. The van der Waals surface area contributed by atoms with E-state index in [4.69, 9.17) is 4.74 Å².